The van der Waals surface area contributed by atoms with Crippen LogP contribution < -0.4 is 10.3 Å². The first-order chi connectivity index (χ1) is 14.1. The number of nitrogens with one attached hydrogen (secondary N) is 1. The third kappa shape index (κ3) is 4.41. The van der Waals surface area contributed by atoms with Gasteiger partial charge in [-0.15, -0.1) is 0 Å². The Labute approximate surface area is 172 Å². The lowest BCUT2D eigenvalue weighted by Crippen LogP contribution is -2.08. The third-order valence-electron chi connectivity index (χ3n) is 4.34. The number of nitrogens with zero attached hydrogens (tertiary/aromatic N) is 2. The highest BCUT2D eigenvalue weighted by Crippen LogP contribution is 2.27. The predicted octanol–water partition coefficient (Wildman–Crippen LogP) is 4.70. The van der Waals surface area contributed by atoms with Crippen molar-refractivity contribution in [3.63, 3.8) is 0 Å². The van der Waals surface area contributed by atoms with Gasteiger partial charge in [0.05, 0.1) is 18.5 Å². The number of oxazole rings is 1. The number of hydrogen-bond donors (Lipinski definition) is 1. The van der Waals surface area contributed by atoms with Crippen molar-refractivity contribution in [3.8, 4) is 28.5 Å². The molecule has 0 aliphatic carbocycles. The zero-order chi connectivity index (χ0) is 20.2. The molecule has 0 radical (unpaired) electrons. The summed E-state index contributed by atoms with van der Waals surface area (Å²) in [5, 5.41) is 0.527. The highest BCUT2D eigenvalue weighted by atomic mass is 32.2. The van der Waals surface area contributed by atoms with Gasteiger partial charge < -0.3 is 14.1 Å². The monoisotopic (exact) mass is 405 g/mol. The summed E-state index contributed by atoms with van der Waals surface area (Å²) in [4.78, 5) is 24.1. The van der Waals surface area contributed by atoms with Gasteiger partial charge in [0.15, 0.2) is 5.16 Å². The molecule has 0 aliphatic heterocycles. The van der Waals surface area contributed by atoms with Gasteiger partial charge in [-0.25, -0.2) is 9.97 Å². The van der Waals surface area contributed by atoms with Gasteiger partial charge in [-0.3, -0.25) is 4.79 Å². The summed E-state index contributed by atoms with van der Waals surface area (Å²) in [6.07, 6.45) is 0. The van der Waals surface area contributed by atoms with E-state index in [0.717, 1.165) is 22.6 Å². The van der Waals surface area contributed by atoms with Crippen LogP contribution in [-0.2, 0) is 5.75 Å². The van der Waals surface area contributed by atoms with Crippen LogP contribution in [0.2, 0.25) is 0 Å². The van der Waals surface area contributed by atoms with Gasteiger partial charge in [-0.2, -0.15) is 0 Å². The SMILES string of the molecule is COc1cccc(-c2cc(=O)[nH]c(SCc3nc(-c4ccccc4)oc3C)n2)c1. The molecule has 0 fully saturated rings. The molecule has 1 N–H and O–H groups in total. The number of methoxy groups -OCH3 is 1. The van der Waals surface area contributed by atoms with E-state index in [2.05, 4.69) is 15.0 Å². The molecule has 6 nitrogen and oxygen atoms in total. The molecule has 0 unspecified atom stereocenters. The summed E-state index contributed by atoms with van der Waals surface area (Å²) in [6.45, 7) is 1.89. The molecule has 4 rings (SSSR count). The van der Waals surface area contributed by atoms with Crippen molar-refractivity contribution in [2.75, 3.05) is 7.11 Å². The van der Waals surface area contributed by atoms with E-state index in [1.807, 2.05) is 61.5 Å². The molecule has 29 heavy (non-hydrogen) atoms. The Kier molecular flexibility index (Phi) is 5.48. The van der Waals surface area contributed by atoms with Crippen LogP contribution in [0.4, 0.5) is 0 Å². The summed E-state index contributed by atoms with van der Waals surface area (Å²) in [6, 6.07) is 18.7. The second-order valence-electron chi connectivity index (χ2n) is 6.34. The average molecular weight is 405 g/mol. The van der Waals surface area contributed by atoms with Gasteiger partial charge >= 0.3 is 0 Å². The molecule has 2 heterocycles. The van der Waals surface area contributed by atoms with Crippen LogP contribution in [0.1, 0.15) is 11.5 Å². The van der Waals surface area contributed by atoms with Crippen LogP contribution in [0.15, 0.2) is 75.0 Å². The molecule has 0 saturated carbocycles. The average Bonchev–Trinajstić information content (AvgIpc) is 3.13. The van der Waals surface area contributed by atoms with E-state index >= 15 is 0 Å². The lowest BCUT2D eigenvalue weighted by Gasteiger charge is -2.06. The van der Waals surface area contributed by atoms with Crippen LogP contribution in [0.5, 0.6) is 5.75 Å². The predicted molar refractivity (Wildman–Crippen MR) is 113 cm³/mol. The maximum Gasteiger partial charge on any atom is 0.252 e. The van der Waals surface area contributed by atoms with Crippen LogP contribution in [0.3, 0.4) is 0 Å². The van der Waals surface area contributed by atoms with Crippen molar-refractivity contribution in [2.45, 2.75) is 17.8 Å². The first kappa shape index (κ1) is 19.0. The second-order valence-corrected chi connectivity index (χ2v) is 7.31. The second kappa shape index (κ2) is 8.36. The van der Waals surface area contributed by atoms with Crippen molar-refractivity contribution in [1.29, 1.82) is 0 Å². The first-order valence-corrected chi connectivity index (χ1v) is 10.0. The number of aromatic nitrogens is 3. The normalized spacial score (nSPS) is 10.8. The minimum Gasteiger partial charge on any atom is -0.497 e. The van der Waals surface area contributed by atoms with Gasteiger partial charge in [0, 0.05) is 22.9 Å². The summed E-state index contributed by atoms with van der Waals surface area (Å²) >= 11 is 1.41. The Hall–Kier alpha value is -3.32. The van der Waals surface area contributed by atoms with Crippen molar-refractivity contribution in [2.24, 2.45) is 0 Å². The van der Waals surface area contributed by atoms with Crippen LogP contribution in [-0.4, -0.2) is 22.1 Å². The molecule has 2 aromatic carbocycles. The molecule has 0 atom stereocenters. The van der Waals surface area contributed by atoms with E-state index < -0.39 is 0 Å². The Morgan fingerprint density at radius 2 is 1.83 bits per heavy atom. The topological polar surface area (TPSA) is 81.0 Å². The lowest BCUT2D eigenvalue weighted by atomic mass is 10.1. The van der Waals surface area contributed by atoms with Crippen molar-refractivity contribution in [3.05, 3.63) is 82.5 Å². The van der Waals surface area contributed by atoms with Gasteiger partial charge in [-0.1, -0.05) is 42.1 Å². The number of thioether (sulfide) groups is 1. The first-order valence-electron chi connectivity index (χ1n) is 9.02. The van der Waals surface area contributed by atoms with Crippen molar-refractivity contribution in [1.82, 2.24) is 15.0 Å². The Bertz CT molecular complexity index is 1190. The molecule has 0 aliphatic rings. The fourth-order valence-corrected chi connectivity index (χ4v) is 3.71. The minimum atomic E-state index is -0.206. The molecule has 4 aromatic rings. The molecule has 2 aromatic heterocycles. The number of aryl methyl sites for hydroxylation is 1. The maximum atomic E-state index is 12.1. The van der Waals surface area contributed by atoms with Crippen LogP contribution in [0.25, 0.3) is 22.7 Å². The van der Waals surface area contributed by atoms with Crippen LogP contribution in [0, 0.1) is 6.92 Å². The standard InChI is InChI=1S/C22H19N3O3S/c1-14-19(23-21(28-14)15-7-4-3-5-8-15)13-29-22-24-18(12-20(26)25-22)16-9-6-10-17(11-16)27-2/h3-12H,13H2,1-2H3,(H,24,25,26). The number of ether oxygens (including phenoxy) is 1. The van der Waals surface area contributed by atoms with Crippen molar-refractivity contribution < 1.29 is 9.15 Å². The number of hydrogen-bond acceptors (Lipinski definition) is 6. The highest BCUT2D eigenvalue weighted by molar-refractivity contribution is 7.98. The summed E-state index contributed by atoms with van der Waals surface area (Å²) in [5.74, 6) is 2.59. The summed E-state index contributed by atoms with van der Waals surface area (Å²) in [7, 11) is 1.61. The molecule has 0 saturated heterocycles. The molecular weight excluding hydrogens is 386 g/mol. The minimum absolute atomic E-state index is 0.206. The van der Waals surface area contributed by atoms with Crippen LogP contribution >= 0.6 is 11.8 Å². The van der Waals surface area contributed by atoms with E-state index in [9.17, 15) is 4.79 Å². The fraction of sp³-hybridized carbons (Fsp3) is 0.136. The Balaban J connectivity index is 1.55. The smallest absolute Gasteiger partial charge is 0.252 e. The summed E-state index contributed by atoms with van der Waals surface area (Å²) < 4.78 is 11.1. The number of benzene rings is 2. The number of rotatable bonds is 6. The molecule has 146 valence electrons. The highest BCUT2D eigenvalue weighted by Gasteiger charge is 2.13. The van der Waals surface area contributed by atoms with E-state index in [-0.39, 0.29) is 5.56 Å². The van der Waals surface area contributed by atoms with E-state index in [4.69, 9.17) is 9.15 Å². The molecular formula is C22H19N3O3S. The van der Waals surface area contributed by atoms with Gasteiger partial charge in [0.1, 0.15) is 11.5 Å². The number of aromatic amines is 1. The zero-order valence-electron chi connectivity index (χ0n) is 16.0. The number of H-pyrrole nitrogens is 1. The van der Waals surface area contributed by atoms with Gasteiger partial charge in [0.2, 0.25) is 5.89 Å². The molecule has 7 heteroatoms. The largest absolute Gasteiger partial charge is 0.497 e. The molecule has 0 bridgehead atoms. The Morgan fingerprint density at radius 3 is 2.62 bits per heavy atom. The van der Waals surface area contributed by atoms with Crippen molar-refractivity contribution >= 4 is 11.8 Å². The third-order valence-corrected chi connectivity index (χ3v) is 5.23. The Morgan fingerprint density at radius 1 is 1.03 bits per heavy atom. The van der Waals surface area contributed by atoms with Gasteiger partial charge in [0.25, 0.3) is 5.56 Å². The van der Waals surface area contributed by atoms with E-state index in [1.54, 1.807) is 7.11 Å². The molecule has 0 spiro atoms. The lowest BCUT2D eigenvalue weighted by molar-refractivity contribution is 0.415. The summed E-state index contributed by atoms with van der Waals surface area (Å²) in [5.41, 5.74) is 2.96. The maximum absolute atomic E-state index is 12.1. The van der Waals surface area contributed by atoms with Gasteiger partial charge in [-0.05, 0) is 31.2 Å². The fourth-order valence-electron chi connectivity index (χ4n) is 2.84. The molecule has 0 amide bonds. The van der Waals surface area contributed by atoms with E-state index in [1.165, 1.54) is 17.8 Å². The zero-order valence-corrected chi connectivity index (χ0v) is 16.8. The van der Waals surface area contributed by atoms with E-state index in [0.29, 0.717) is 28.2 Å². The quantitative estimate of drug-likeness (QED) is 0.370.